The van der Waals surface area contributed by atoms with Gasteiger partial charge in [-0.25, -0.2) is 8.78 Å². The monoisotopic (exact) mass is 227 g/mol. The Bertz CT molecular complexity index is 412. The van der Waals surface area contributed by atoms with Crippen molar-refractivity contribution in [2.24, 2.45) is 5.16 Å². The quantitative estimate of drug-likeness (QED) is 0.837. The molecule has 0 radical (unpaired) electrons. The van der Waals surface area contributed by atoms with Gasteiger partial charge in [-0.1, -0.05) is 5.16 Å². The summed E-state index contributed by atoms with van der Waals surface area (Å²) < 4.78 is 25.9. The van der Waals surface area contributed by atoms with E-state index in [1.165, 1.54) is 12.1 Å². The predicted molar refractivity (Wildman–Crippen MR) is 54.1 cm³/mol. The summed E-state index contributed by atoms with van der Waals surface area (Å²) in [5.74, 6) is -1.31. The molecule has 0 bridgehead atoms. The summed E-state index contributed by atoms with van der Waals surface area (Å²) in [6, 6.07) is 3.18. The number of aliphatic hydroxyl groups excluding tert-OH is 1. The molecule has 2 atom stereocenters. The van der Waals surface area contributed by atoms with Crippen molar-refractivity contribution in [3.05, 3.63) is 35.4 Å². The molecule has 0 aliphatic carbocycles. The lowest BCUT2D eigenvalue weighted by atomic mass is 10.0. The molecule has 86 valence electrons. The highest BCUT2D eigenvalue weighted by molar-refractivity contribution is 6.01. The van der Waals surface area contributed by atoms with Crippen LogP contribution in [0.4, 0.5) is 8.78 Å². The summed E-state index contributed by atoms with van der Waals surface area (Å²) in [6.45, 7) is 1.58. The lowest BCUT2D eigenvalue weighted by Crippen LogP contribution is -2.22. The SMILES string of the molecule is CC(O)C1CC(c2cc(F)cc(F)c2)=NO1. The molecule has 5 heteroatoms. The second-order valence-corrected chi connectivity index (χ2v) is 3.78. The van der Waals surface area contributed by atoms with Crippen LogP contribution in [0.2, 0.25) is 0 Å². The molecule has 1 aliphatic heterocycles. The molecule has 1 aromatic rings. The number of hydrogen-bond acceptors (Lipinski definition) is 3. The maximum atomic E-state index is 13.0. The average molecular weight is 227 g/mol. The van der Waals surface area contributed by atoms with Crippen molar-refractivity contribution in [3.63, 3.8) is 0 Å². The van der Waals surface area contributed by atoms with Crippen molar-refractivity contribution in [2.45, 2.75) is 25.6 Å². The Labute approximate surface area is 91.3 Å². The Morgan fingerprint density at radius 1 is 1.38 bits per heavy atom. The minimum atomic E-state index is -0.667. The van der Waals surface area contributed by atoms with Crippen molar-refractivity contribution >= 4 is 5.71 Å². The molecule has 1 N–H and O–H groups in total. The van der Waals surface area contributed by atoms with Crippen LogP contribution in [0.25, 0.3) is 0 Å². The maximum absolute atomic E-state index is 13.0. The molecular weight excluding hydrogens is 216 g/mol. The van der Waals surface area contributed by atoms with Crippen LogP contribution in [0.5, 0.6) is 0 Å². The average Bonchev–Trinajstić information content (AvgIpc) is 2.64. The van der Waals surface area contributed by atoms with Gasteiger partial charge in [0.15, 0.2) is 6.10 Å². The molecule has 0 amide bonds. The van der Waals surface area contributed by atoms with Gasteiger partial charge in [0.25, 0.3) is 0 Å². The van der Waals surface area contributed by atoms with Gasteiger partial charge in [-0.2, -0.15) is 0 Å². The molecule has 0 saturated heterocycles. The zero-order chi connectivity index (χ0) is 11.7. The third kappa shape index (κ3) is 2.19. The molecule has 3 nitrogen and oxygen atoms in total. The first-order valence-electron chi connectivity index (χ1n) is 4.93. The molecule has 16 heavy (non-hydrogen) atoms. The lowest BCUT2D eigenvalue weighted by Gasteiger charge is -2.09. The Morgan fingerprint density at radius 3 is 2.50 bits per heavy atom. The van der Waals surface area contributed by atoms with E-state index in [0.29, 0.717) is 17.7 Å². The van der Waals surface area contributed by atoms with E-state index in [4.69, 9.17) is 4.84 Å². The van der Waals surface area contributed by atoms with Crippen LogP contribution >= 0.6 is 0 Å². The number of oxime groups is 1. The molecule has 1 heterocycles. The Hall–Kier alpha value is -1.49. The Kier molecular flexibility index (Phi) is 2.87. The molecule has 2 unspecified atom stereocenters. The van der Waals surface area contributed by atoms with Gasteiger partial charge in [-0.15, -0.1) is 0 Å². The van der Waals surface area contributed by atoms with Crippen LogP contribution in [0.1, 0.15) is 18.9 Å². The van der Waals surface area contributed by atoms with Gasteiger partial charge in [0.05, 0.1) is 11.8 Å². The summed E-state index contributed by atoms with van der Waals surface area (Å²) in [4.78, 5) is 4.95. The molecule has 0 spiro atoms. The molecule has 0 saturated carbocycles. The fraction of sp³-hybridized carbons (Fsp3) is 0.364. The maximum Gasteiger partial charge on any atom is 0.158 e. The summed E-state index contributed by atoms with van der Waals surface area (Å²) in [5.41, 5.74) is 0.796. The second-order valence-electron chi connectivity index (χ2n) is 3.78. The first kappa shape index (κ1) is 11.0. The van der Waals surface area contributed by atoms with E-state index < -0.39 is 23.8 Å². The molecule has 0 aromatic heterocycles. The van der Waals surface area contributed by atoms with Gasteiger partial charge >= 0.3 is 0 Å². The van der Waals surface area contributed by atoms with E-state index >= 15 is 0 Å². The van der Waals surface area contributed by atoms with Gasteiger partial charge in [0.2, 0.25) is 0 Å². The van der Waals surface area contributed by atoms with E-state index in [2.05, 4.69) is 5.16 Å². The van der Waals surface area contributed by atoms with Crippen molar-refractivity contribution < 1.29 is 18.7 Å². The first-order chi connectivity index (χ1) is 7.56. The van der Waals surface area contributed by atoms with Gasteiger partial charge in [0.1, 0.15) is 11.6 Å². The summed E-state index contributed by atoms with van der Waals surface area (Å²) in [5, 5.41) is 13.0. The molecular formula is C11H11F2NO2. The molecule has 1 aromatic carbocycles. The van der Waals surface area contributed by atoms with Crippen molar-refractivity contribution in [1.29, 1.82) is 0 Å². The van der Waals surface area contributed by atoms with E-state index in [-0.39, 0.29) is 0 Å². The highest BCUT2D eigenvalue weighted by atomic mass is 19.1. The molecule has 2 rings (SSSR count). The summed E-state index contributed by atoms with van der Waals surface area (Å²) in [6.07, 6.45) is -0.762. The standard InChI is InChI=1S/C11H11F2NO2/c1-6(15)11-5-10(14-16-11)7-2-8(12)4-9(13)3-7/h2-4,6,11,15H,5H2,1H3. The smallest absolute Gasteiger partial charge is 0.158 e. The number of rotatable bonds is 2. The number of nitrogens with zero attached hydrogens (tertiary/aromatic N) is 1. The van der Waals surface area contributed by atoms with Crippen LogP contribution in [-0.4, -0.2) is 23.0 Å². The van der Waals surface area contributed by atoms with E-state index in [9.17, 15) is 13.9 Å². The van der Waals surface area contributed by atoms with Crippen LogP contribution in [-0.2, 0) is 4.84 Å². The van der Waals surface area contributed by atoms with Crippen LogP contribution in [0, 0.1) is 11.6 Å². The van der Waals surface area contributed by atoms with E-state index in [0.717, 1.165) is 6.07 Å². The number of benzene rings is 1. The minimum Gasteiger partial charge on any atom is -0.389 e. The fourth-order valence-corrected chi connectivity index (χ4v) is 1.55. The summed E-state index contributed by atoms with van der Waals surface area (Å²) in [7, 11) is 0. The van der Waals surface area contributed by atoms with Crippen LogP contribution in [0.3, 0.4) is 0 Å². The Morgan fingerprint density at radius 2 is 2.00 bits per heavy atom. The number of aliphatic hydroxyl groups is 1. The second kappa shape index (κ2) is 4.17. The Balaban J connectivity index is 2.20. The number of hydrogen-bond donors (Lipinski definition) is 1. The summed E-state index contributed by atoms with van der Waals surface area (Å²) >= 11 is 0. The highest BCUT2D eigenvalue weighted by Gasteiger charge is 2.26. The van der Waals surface area contributed by atoms with Crippen LogP contribution in [0.15, 0.2) is 23.4 Å². The van der Waals surface area contributed by atoms with E-state index in [1.54, 1.807) is 6.92 Å². The highest BCUT2D eigenvalue weighted by Crippen LogP contribution is 2.20. The normalized spacial score (nSPS) is 21.5. The topological polar surface area (TPSA) is 41.8 Å². The third-order valence-corrected chi connectivity index (χ3v) is 2.43. The lowest BCUT2D eigenvalue weighted by molar-refractivity contribution is -0.00780. The molecule has 1 aliphatic rings. The largest absolute Gasteiger partial charge is 0.389 e. The zero-order valence-corrected chi connectivity index (χ0v) is 8.65. The fourth-order valence-electron chi connectivity index (χ4n) is 1.55. The van der Waals surface area contributed by atoms with Crippen LogP contribution < -0.4 is 0 Å². The van der Waals surface area contributed by atoms with Gasteiger partial charge in [-0.3, -0.25) is 0 Å². The number of halogens is 2. The van der Waals surface area contributed by atoms with Crippen molar-refractivity contribution in [1.82, 2.24) is 0 Å². The zero-order valence-electron chi connectivity index (χ0n) is 8.65. The minimum absolute atomic E-state index is 0.348. The van der Waals surface area contributed by atoms with E-state index in [1.807, 2.05) is 0 Å². The molecule has 0 fully saturated rings. The van der Waals surface area contributed by atoms with Crippen molar-refractivity contribution in [3.8, 4) is 0 Å². The van der Waals surface area contributed by atoms with Gasteiger partial charge in [0, 0.05) is 18.1 Å². The predicted octanol–water partition coefficient (Wildman–Crippen LogP) is 1.84. The van der Waals surface area contributed by atoms with Crippen molar-refractivity contribution in [2.75, 3.05) is 0 Å². The van der Waals surface area contributed by atoms with Gasteiger partial charge < -0.3 is 9.94 Å². The first-order valence-corrected chi connectivity index (χ1v) is 4.93. The van der Waals surface area contributed by atoms with Gasteiger partial charge in [-0.05, 0) is 19.1 Å². The third-order valence-electron chi connectivity index (χ3n) is 2.43.